The predicted molar refractivity (Wildman–Crippen MR) is 541 cm³/mol. The number of allylic oxidation sites excluding steroid dienone is 3. The SMILES string of the molecule is CC1=C(C)C2c3ccc4cc3C1c1ccc(cc12)SSc1ccc2c(c1)C1C(C)=C(C(=O)[O-])C2c2cc(ccc21)SSc1cc(cc(C(=O)[O-])c1)SS4.Cc1cc2cccc3c2cc1SSc1cc2c(cccc2cc1C)SSc1cc(cc(C(=O)[O-])c1)SS3.O=C([O-])c1cc2cc(c1)SSc1cc3c(cccc3cc1C(=O)[O-])SSc1cccc3cc(C(=O)[O-])c(cc13)SS2. The van der Waals surface area contributed by atoms with Crippen LogP contribution in [0.3, 0.4) is 0 Å². The second kappa shape index (κ2) is 38.2. The molecule has 30 bridgehead atoms. The van der Waals surface area contributed by atoms with Gasteiger partial charge in [0.15, 0.2) is 0 Å². The summed E-state index contributed by atoms with van der Waals surface area (Å²) in [5, 5.41) is 80.5. The van der Waals surface area contributed by atoms with E-state index in [9.17, 15) is 59.4 Å². The molecule has 4 atom stereocenters. The molecule has 0 saturated carbocycles. The van der Waals surface area contributed by atoms with Gasteiger partial charge < -0.3 is 59.4 Å². The van der Waals surface area contributed by atoms with Gasteiger partial charge in [-0.2, -0.15) is 0 Å². The Kier molecular flexibility index (Phi) is 26.5. The second-order valence-corrected chi connectivity index (χ2v) is 51.7. The number of aliphatic carboxylic acids is 1. The number of carbonyl (C=O) groups is 6. The van der Waals surface area contributed by atoms with Crippen LogP contribution >= 0.6 is 194 Å². The predicted octanol–water partition coefficient (Wildman–Crippen LogP) is 25.8. The molecule has 11 heterocycles. The molecule has 11 aliphatic heterocycles. The molecule has 30 heteroatoms. The highest BCUT2D eigenvalue weighted by Crippen LogP contribution is 2.62. The van der Waals surface area contributed by atoms with Gasteiger partial charge in [0.05, 0.1) is 35.8 Å². The van der Waals surface area contributed by atoms with Crippen LogP contribution in [0, 0.1) is 13.8 Å². The standard InChI is InChI=1S/C43H30O4S6.C29H16O6S6.C29H20O2S6/c1-19-20(2)38-29-8-4-23-15-33(29)37(19)30-9-5-25(16-34(30)38)50-52-27-12-22(42(44)45)13-28(14-27)53-51-26-6-10-31-36(18-26)41-32-11-7-24(49-48-23)17-35(32)39(31)21(3)40(41)43(46)47;30-27(31)16-7-17-11-18(8-16)37-41-26-13-20-15(10-22(26)29(34)35)4-2-6-24(20)39-38-23-5-1-3-14-9-21(28(32)33)25(40-36-17)12-19(14)23;1-16-9-18-5-3-7-25-23(18)14-27(16)36-37-28-15-24-19(10-17(28)2)6-4-8-26(24)35-33-22-12-20(29(30)31)11-21(13-22)32-34-25/h4-18,37-39,41H,1-3H3,(H,44,45)(H,46,47);1-13H,(H,30,31)(H,32,33)(H,34,35);3-15H,1-2H3,(H,30,31)/p-6. The first-order valence-electron chi connectivity index (χ1n) is 40.3. The molecule has 15 aromatic rings. The topological polar surface area (TPSA) is 241 Å². The van der Waals surface area contributed by atoms with Gasteiger partial charge in [0.1, 0.15) is 0 Å². The number of carboxylic acid groups (broad SMARTS) is 6. The van der Waals surface area contributed by atoms with Crippen molar-refractivity contribution in [1.82, 2.24) is 0 Å². The van der Waals surface area contributed by atoms with E-state index in [-0.39, 0.29) is 45.6 Å². The maximum Gasteiger partial charge on any atom is 0.0727 e. The Morgan fingerprint density at radius 1 is 0.206 bits per heavy atom. The molecule has 0 spiro atoms. The summed E-state index contributed by atoms with van der Waals surface area (Å²) >= 11 is 0. The Labute approximate surface area is 824 Å². The quantitative estimate of drug-likeness (QED) is 0.111. The van der Waals surface area contributed by atoms with E-state index in [0.717, 1.165) is 103 Å². The molecule has 12 nitrogen and oxygen atoms in total. The van der Waals surface area contributed by atoms with Crippen molar-refractivity contribution in [2.24, 2.45) is 0 Å². The molecule has 15 aromatic carbocycles. The van der Waals surface area contributed by atoms with Crippen molar-refractivity contribution in [1.29, 1.82) is 0 Å². The van der Waals surface area contributed by atoms with E-state index >= 15 is 0 Å². The molecule has 0 aromatic heterocycles. The van der Waals surface area contributed by atoms with Gasteiger partial charge in [-0.3, -0.25) is 0 Å². The minimum absolute atomic E-state index is 0.0412. The number of aryl methyl sites for hydroxylation is 2. The monoisotopic (exact) mass is 2040 g/mol. The van der Waals surface area contributed by atoms with Gasteiger partial charge in [0.2, 0.25) is 0 Å². The van der Waals surface area contributed by atoms with Crippen molar-refractivity contribution in [2.45, 2.75) is 146 Å². The number of carboxylic acids is 6. The fourth-order valence-corrected chi connectivity index (χ4v) is 37.4. The van der Waals surface area contributed by atoms with Crippen LogP contribution in [-0.4, -0.2) is 35.8 Å². The number of hydrogen-bond donors (Lipinski definition) is 0. The second-order valence-electron chi connectivity index (χ2n) is 31.5. The van der Waals surface area contributed by atoms with Crippen LogP contribution in [-0.2, 0) is 4.79 Å². The molecule has 6 aliphatic carbocycles. The summed E-state index contributed by atoms with van der Waals surface area (Å²) < 4.78 is 0. The highest BCUT2D eigenvalue weighted by molar-refractivity contribution is 8.79. The minimum Gasteiger partial charge on any atom is -0.545 e. The summed E-state index contributed by atoms with van der Waals surface area (Å²) in [5.74, 6) is -7.64. The fraction of sp³-hybridized carbons (Fsp3) is 0.0891. The van der Waals surface area contributed by atoms with E-state index in [1.807, 2.05) is 83.1 Å². The molecule has 0 N–H and O–H groups in total. The first kappa shape index (κ1) is 90.7. The first-order valence-corrected chi connectivity index (χ1v) is 59.7. The Balaban J connectivity index is 0.000000125. The molecular weight excluding hydrogens is 1980 g/mol. The van der Waals surface area contributed by atoms with Gasteiger partial charge >= 0.3 is 0 Å². The van der Waals surface area contributed by atoms with Crippen molar-refractivity contribution in [3.05, 3.63) is 354 Å². The Hall–Kier alpha value is -8.06. The Morgan fingerprint density at radius 3 is 0.763 bits per heavy atom. The lowest BCUT2D eigenvalue weighted by Gasteiger charge is -2.43. The van der Waals surface area contributed by atoms with Crippen molar-refractivity contribution in [3.8, 4) is 0 Å². The molecule has 0 radical (unpaired) electrons. The summed E-state index contributed by atoms with van der Waals surface area (Å²) in [7, 11) is 27.7. The summed E-state index contributed by atoms with van der Waals surface area (Å²) in [6.07, 6.45) is 0. The number of rotatable bonds is 6. The average molecular weight is 2040 g/mol. The first-order chi connectivity index (χ1) is 63.3. The van der Waals surface area contributed by atoms with Crippen LogP contribution in [0.4, 0.5) is 0 Å². The van der Waals surface area contributed by atoms with Crippen molar-refractivity contribution in [2.75, 3.05) is 0 Å². The van der Waals surface area contributed by atoms with E-state index in [4.69, 9.17) is 0 Å². The minimum atomic E-state index is -1.36. The largest absolute Gasteiger partial charge is 0.545 e. The Bertz CT molecular complexity index is 7300. The molecule has 131 heavy (non-hydrogen) atoms. The number of aromatic carboxylic acids is 5. The summed E-state index contributed by atoms with van der Waals surface area (Å²) in [4.78, 5) is 89.1. The zero-order valence-electron chi connectivity index (χ0n) is 68.7. The van der Waals surface area contributed by atoms with E-state index < -0.39 is 41.7 Å². The van der Waals surface area contributed by atoms with Gasteiger partial charge in [-0.1, -0.05) is 296 Å². The molecule has 0 amide bonds. The van der Waals surface area contributed by atoms with E-state index in [1.165, 1.54) is 179 Å². The average Bonchev–Trinajstić information content (AvgIpc) is 0.786. The highest BCUT2D eigenvalue weighted by Gasteiger charge is 2.44. The zero-order chi connectivity index (χ0) is 90.5. The van der Waals surface area contributed by atoms with Gasteiger partial charge in [-0.25, -0.2) is 0 Å². The molecule has 32 rings (SSSR count). The smallest absolute Gasteiger partial charge is 0.0727 e. The van der Waals surface area contributed by atoms with Gasteiger partial charge in [-0.05, 0) is 319 Å². The molecule has 17 aliphatic rings. The van der Waals surface area contributed by atoms with E-state index in [1.54, 1.807) is 129 Å². The van der Waals surface area contributed by atoms with Crippen LogP contribution < -0.4 is 30.6 Å². The number of fused-ring (bicyclic) bond motifs is 8. The van der Waals surface area contributed by atoms with Crippen molar-refractivity contribution >= 4 is 273 Å². The molecule has 0 fully saturated rings. The summed E-state index contributed by atoms with van der Waals surface area (Å²) in [5.41, 5.74) is 16.7. The summed E-state index contributed by atoms with van der Waals surface area (Å²) in [6, 6.07) is 82.1. The third-order valence-corrected chi connectivity index (χ3v) is 45.4. The number of carbonyl (C=O) groups excluding carboxylic acids is 6. The van der Waals surface area contributed by atoms with Gasteiger partial charge in [0.25, 0.3) is 0 Å². The molecule has 4 unspecified atom stereocenters. The number of hydrogen-bond acceptors (Lipinski definition) is 30. The maximum absolute atomic E-state index is 12.7. The van der Waals surface area contributed by atoms with E-state index in [2.05, 4.69) is 167 Å². The summed E-state index contributed by atoms with van der Waals surface area (Å²) in [6.45, 7) is 10.8. The van der Waals surface area contributed by atoms with Crippen LogP contribution in [0.25, 0.3) is 43.1 Å². The lowest BCUT2D eigenvalue weighted by atomic mass is 9.61. The number of benzene rings is 15. The van der Waals surface area contributed by atoms with Crippen LogP contribution in [0.2, 0.25) is 0 Å². The fourth-order valence-electron chi connectivity index (χ4n) is 17.4. The third kappa shape index (κ3) is 18.4. The maximum atomic E-state index is 12.7. The molecule has 650 valence electrons. The lowest BCUT2D eigenvalue weighted by molar-refractivity contribution is -0.299. The highest BCUT2D eigenvalue weighted by atomic mass is 33.1. The van der Waals surface area contributed by atoms with Crippen molar-refractivity contribution < 1.29 is 59.4 Å². The molecular formula is C101H60O12S18-6. The van der Waals surface area contributed by atoms with Crippen LogP contribution in [0.1, 0.15) is 152 Å². The zero-order valence-corrected chi connectivity index (χ0v) is 83.4. The Morgan fingerprint density at radius 2 is 0.458 bits per heavy atom. The lowest BCUT2D eigenvalue weighted by Crippen LogP contribution is -2.36. The normalized spacial score (nSPS) is 17.0. The third-order valence-electron chi connectivity index (χ3n) is 23.6. The molecule has 0 saturated heterocycles. The van der Waals surface area contributed by atoms with Crippen LogP contribution in [0.15, 0.2) is 359 Å². The van der Waals surface area contributed by atoms with E-state index in [0.29, 0.717) is 25.2 Å². The van der Waals surface area contributed by atoms with Crippen LogP contribution in [0.5, 0.6) is 0 Å². The van der Waals surface area contributed by atoms with Gasteiger partial charge in [-0.15, -0.1) is 0 Å². The van der Waals surface area contributed by atoms with Gasteiger partial charge in [0, 0.05) is 123 Å². The van der Waals surface area contributed by atoms with Crippen molar-refractivity contribution in [3.63, 3.8) is 0 Å².